The highest BCUT2D eigenvalue weighted by Crippen LogP contribution is 2.17. The minimum Gasteiger partial charge on any atom is -0.308 e. The lowest BCUT2D eigenvalue weighted by Gasteiger charge is -2.29. The molecule has 0 radical (unpaired) electrons. The maximum Gasteiger partial charge on any atom is 0.0900 e. The fourth-order valence-electron chi connectivity index (χ4n) is 2.19. The Morgan fingerprint density at radius 2 is 2.06 bits per heavy atom. The summed E-state index contributed by atoms with van der Waals surface area (Å²) in [5, 5.41) is 4.81. The number of aryl methyl sites for hydroxylation is 2. The van der Waals surface area contributed by atoms with Gasteiger partial charge in [-0.15, -0.1) is 11.3 Å². The summed E-state index contributed by atoms with van der Waals surface area (Å²) in [5.74, 6) is 0. The van der Waals surface area contributed by atoms with Gasteiger partial charge in [0.25, 0.3) is 0 Å². The van der Waals surface area contributed by atoms with Crippen LogP contribution in [0.3, 0.4) is 0 Å². The Kier molecular flexibility index (Phi) is 3.95. The molecule has 1 saturated heterocycles. The Balaban J connectivity index is 1.81. The average molecular weight is 239 g/mol. The van der Waals surface area contributed by atoms with Crippen molar-refractivity contribution in [3.63, 3.8) is 0 Å². The minimum absolute atomic E-state index is 0.678. The van der Waals surface area contributed by atoms with E-state index in [1.807, 2.05) is 0 Å². The van der Waals surface area contributed by atoms with Crippen LogP contribution in [0, 0.1) is 13.8 Å². The molecule has 4 heteroatoms. The first kappa shape index (κ1) is 12.0. The van der Waals surface area contributed by atoms with Crippen LogP contribution in [-0.2, 0) is 6.54 Å². The number of rotatable bonds is 3. The number of likely N-dealkylation sites (tertiary alicyclic amines) is 1. The van der Waals surface area contributed by atoms with E-state index in [1.165, 1.54) is 41.5 Å². The van der Waals surface area contributed by atoms with Gasteiger partial charge in [0.1, 0.15) is 0 Å². The molecule has 2 heterocycles. The second-order valence-corrected chi connectivity index (χ2v) is 6.10. The van der Waals surface area contributed by atoms with E-state index in [9.17, 15) is 0 Å². The van der Waals surface area contributed by atoms with Crippen LogP contribution in [0.1, 0.15) is 28.4 Å². The lowest BCUT2D eigenvalue weighted by molar-refractivity contribution is 0.233. The lowest BCUT2D eigenvalue weighted by atomic mass is 10.1. The number of thiazole rings is 1. The van der Waals surface area contributed by atoms with Crippen molar-refractivity contribution in [2.75, 3.05) is 20.1 Å². The molecule has 1 N–H and O–H groups in total. The summed E-state index contributed by atoms with van der Waals surface area (Å²) >= 11 is 1.80. The molecule has 2 rings (SSSR count). The van der Waals surface area contributed by atoms with Gasteiger partial charge in [-0.1, -0.05) is 0 Å². The molecular formula is C12H21N3S. The Bertz CT molecular complexity index is 340. The molecule has 3 nitrogen and oxygen atoms in total. The topological polar surface area (TPSA) is 28.2 Å². The van der Waals surface area contributed by atoms with Crippen LogP contribution < -0.4 is 5.32 Å². The summed E-state index contributed by atoms with van der Waals surface area (Å²) in [6.07, 6.45) is 2.53. The first-order valence-corrected chi connectivity index (χ1v) is 6.81. The van der Waals surface area contributed by atoms with Crippen LogP contribution >= 0.6 is 11.3 Å². The SMILES string of the molecule is Cc1nc(CNC2CCN(C)CC2)c(C)s1. The molecule has 0 spiro atoms. The Morgan fingerprint density at radius 1 is 1.38 bits per heavy atom. The van der Waals surface area contributed by atoms with Crippen LogP contribution in [0.15, 0.2) is 0 Å². The fourth-order valence-corrected chi connectivity index (χ4v) is 3.02. The van der Waals surface area contributed by atoms with Crippen molar-refractivity contribution in [2.24, 2.45) is 0 Å². The Morgan fingerprint density at radius 3 is 2.62 bits per heavy atom. The van der Waals surface area contributed by atoms with Crippen molar-refractivity contribution < 1.29 is 0 Å². The molecule has 90 valence electrons. The maximum absolute atomic E-state index is 4.56. The smallest absolute Gasteiger partial charge is 0.0900 e. The third kappa shape index (κ3) is 3.03. The Labute approximate surface area is 102 Å². The van der Waals surface area contributed by atoms with Gasteiger partial charge in [-0.05, 0) is 46.8 Å². The third-order valence-electron chi connectivity index (χ3n) is 3.28. The molecule has 16 heavy (non-hydrogen) atoms. The standard InChI is InChI=1S/C12H21N3S/c1-9-12(14-10(2)16-9)8-13-11-4-6-15(3)7-5-11/h11,13H,4-8H2,1-3H3. The molecule has 1 aromatic rings. The Hall–Kier alpha value is -0.450. The highest BCUT2D eigenvalue weighted by atomic mass is 32.1. The van der Waals surface area contributed by atoms with Crippen molar-refractivity contribution in [2.45, 2.75) is 39.3 Å². The predicted octanol–water partition coefficient (Wildman–Crippen LogP) is 1.94. The summed E-state index contributed by atoms with van der Waals surface area (Å²) in [5.41, 5.74) is 1.24. The zero-order chi connectivity index (χ0) is 11.5. The third-order valence-corrected chi connectivity index (χ3v) is 4.20. The summed E-state index contributed by atoms with van der Waals surface area (Å²) in [7, 11) is 2.20. The van der Waals surface area contributed by atoms with Crippen molar-refractivity contribution >= 4 is 11.3 Å². The minimum atomic E-state index is 0.678. The van der Waals surface area contributed by atoms with E-state index in [0.717, 1.165) is 6.54 Å². The monoisotopic (exact) mass is 239 g/mol. The molecule has 0 atom stereocenters. The highest BCUT2D eigenvalue weighted by Gasteiger charge is 2.16. The second-order valence-electron chi connectivity index (χ2n) is 4.69. The van der Waals surface area contributed by atoms with E-state index >= 15 is 0 Å². The zero-order valence-corrected chi connectivity index (χ0v) is 11.2. The molecule has 0 aromatic carbocycles. The van der Waals surface area contributed by atoms with E-state index in [1.54, 1.807) is 11.3 Å². The van der Waals surface area contributed by atoms with Gasteiger partial charge >= 0.3 is 0 Å². The molecule has 1 aromatic heterocycles. The van der Waals surface area contributed by atoms with Crippen LogP contribution in [-0.4, -0.2) is 36.1 Å². The van der Waals surface area contributed by atoms with E-state index in [2.05, 4.69) is 36.1 Å². The highest BCUT2D eigenvalue weighted by molar-refractivity contribution is 7.11. The van der Waals surface area contributed by atoms with Gasteiger partial charge in [-0.2, -0.15) is 0 Å². The first-order valence-electron chi connectivity index (χ1n) is 6.00. The number of nitrogens with one attached hydrogen (secondary N) is 1. The quantitative estimate of drug-likeness (QED) is 0.874. The number of aromatic nitrogens is 1. The van der Waals surface area contributed by atoms with Gasteiger partial charge in [0, 0.05) is 17.5 Å². The summed E-state index contributed by atoms with van der Waals surface area (Å²) < 4.78 is 0. The van der Waals surface area contributed by atoms with Gasteiger partial charge in [0.05, 0.1) is 10.7 Å². The number of piperidine rings is 1. The van der Waals surface area contributed by atoms with Gasteiger partial charge in [0.2, 0.25) is 0 Å². The van der Waals surface area contributed by atoms with Crippen molar-refractivity contribution in [1.29, 1.82) is 0 Å². The molecule has 1 aliphatic heterocycles. The maximum atomic E-state index is 4.56. The van der Waals surface area contributed by atoms with Crippen molar-refractivity contribution in [3.05, 3.63) is 15.6 Å². The summed E-state index contributed by atoms with van der Waals surface area (Å²) in [6, 6.07) is 0.678. The lowest BCUT2D eigenvalue weighted by Crippen LogP contribution is -2.40. The molecule has 0 saturated carbocycles. The van der Waals surface area contributed by atoms with Crippen LogP contribution in [0.2, 0.25) is 0 Å². The van der Waals surface area contributed by atoms with Gasteiger partial charge in [0.15, 0.2) is 0 Å². The summed E-state index contributed by atoms with van der Waals surface area (Å²) in [4.78, 5) is 8.31. The van der Waals surface area contributed by atoms with E-state index < -0.39 is 0 Å². The molecule has 0 unspecified atom stereocenters. The van der Waals surface area contributed by atoms with Gasteiger partial charge < -0.3 is 10.2 Å². The van der Waals surface area contributed by atoms with Crippen molar-refractivity contribution in [3.8, 4) is 0 Å². The van der Waals surface area contributed by atoms with Crippen molar-refractivity contribution in [1.82, 2.24) is 15.2 Å². The van der Waals surface area contributed by atoms with Gasteiger partial charge in [-0.25, -0.2) is 4.98 Å². The molecular weight excluding hydrogens is 218 g/mol. The predicted molar refractivity (Wildman–Crippen MR) is 68.9 cm³/mol. The zero-order valence-electron chi connectivity index (χ0n) is 10.4. The van der Waals surface area contributed by atoms with Crippen LogP contribution in [0.5, 0.6) is 0 Å². The normalized spacial score (nSPS) is 19.2. The molecule has 1 aliphatic rings. The van der Waals surface area contributed by atoms with E-state index in [-0.39, 0.29) is 0 Å². The average Bonchev–Trinajstić information content (AvgIpc) is 2.57. The van der Waals surface area contributed by atoms with Gasteiger partial charge in [-0.3, -0.25) is 0 Å². The number of nitrogens with zero attached hydrogens (tertiary/aromatic N) is 2. The largest absolute Gasteiger partial charge is 0.308 e. The van der Waals surface area contributed by atoms with E-state index in [0.29, 0.717) is 6.04 Å². The van der Waals surface area contributed by atoms with Crippen LogP contribution in [0.4, 0.5) is 0 Å². The van der Waals surface area contributed by atoms with Crippen LogP contribution in [0.25, 0.3) is 0 Å². The second kappa shape index (κ2) is 5.25. The molecule has 1 fully saturated rings. The fraction of sp³-hybridized carbons (Fsp3) is 0.750. The molecule has 0 aliphatic carbocycles. The molecule has 0 bridgehead atoms. The number of hydrogen-bond acceptors (Lipinski definition) is 4. The number of hydrogen-bond donors (Lipinski definition) is 1. The molecule has 0 amide bonds. The first-order chi connectivity index (χ1) is 7.65. The summed E-state index contributed by atoms with van der Waals surface area (Å²) in [6.45, 7) is 7.61. The van der Waals surface area contributed by atoms with E-state index in [4.69, 9.17) is 0 Å².